The minimum Gasteiger partial charge on any atom is -0.478 e. The molecule has 1 aromatic carbocycles. The van der Waals surface area contributed by atoms with Gasteiger partial charge in [0.15, 0.2) is 0 Å². The van der Waals surface area contributed by atoms with Crippen LogP contribution in [0.25, 0.3) is 0 Å². The van der Waals surface area contributed by atoms with E-state index in [2.05, 4.69) is 18.9 Å². The molecule has 0 aliphatic heterocycles. The number of benzene rings is 1. The van der Waals surface area contributed by atoms with Crippen LogP contribution in [0.15, 0.2) is 24.3 Å². The summed E-state index contributed by atoms with van der Waals surface area (Å²) in [6.45, 7) is 4.19. The lowest BCUT2D eigenvalue weighted by atomic mass is 10.1. The van der Waals surface area contributed by atoms with Crippen molar-refractivity contribution < 1.29 is 9.90 Å². The van der Waals surface area contributed by atoms with Crippen molar-refractivity contribution in [2.45, 2.75) is 39.2 Å². The molecule has 18 heavy (non-hydrogen) atoms. The van der Waals surface area contributed by atoms with Gasteiger partial charge in [0.05, 0.1) is 5.56 Å². The Hall–Kier alpha value is -1.35. The quantitative estimate of drug-likeness (QED) is 0.718. The zero-order chi connectivity index (χ0) is 13.4. The third-order valence-electron chi connectivity index (χ3n) is 3.05. The van der Waals surface area contributed by atoms with E-state index in [9.17, 15) is 4.79 Å². The molecule has 0 aromatic heterocycles. The van der Waals surface area contributed by atoms with Crippen LogP contribution < -0.4 is 0 Å². The van der Waals surface area contributed by atoms with Crippen molar-refractivity contribution >= 4 is 5.97 Å². The first-order chi connectivity index (χ1) is 8.63. The number of carbonyl (C=O) groups is 1. The minimum atomic E-state index is -0.866. The summed E-state index contributed by atoms with van der Waals surface area (Å²) in [6.07, 6.45) is 5.10. The molecule has 0 saturated carbocycles. The van der Waals surface area contributed by atoms with E-state index in [0.29, 0.717) is 5.56 Å². The number of hydrogen-bond acceptors (Lipinski definition) is 2. The molecule has 0 heterocycles. The maximum atomic E-state index is 10.7. The summed E-state index contributed by atoms with van der Waals surface area (Å²) in [7, 11) is 2.11. The lowest BCUT2D eigenvalue weighted by Gasteiger charge is -2.16. The Kier molecular flexibility index (Phi) is 6.44. The van der Waals surface area contributed by atoms with Gasteiger partial charge >= 0.3 is 5.97 Å². The predicted octanol–water partition coefficient (Wildman–Crippen LogP) is 3.40. The molecule has 0 amide bonds. The Morgan fingerprint density at radius 1 is 1.17 bits per heavy atom. The molecule has 0 aliphatic rings. The highest BCUT2D eigenvalue weighted by molar-refractivity contribution is 5.87. The topological polar surface area (TPSA) is 40.5 Å². The predicted molar refractivity (Wildman–Crippen MR) is 73.9 cm³/mol. The van der Waals surface area contributed by atoms with Crippen LogP contribution in [0.4, 0.5) is 0 Å². The molecular weight excluding hydrogens is 226 g/mol. The van der Waals surface area contributed by atoms with E-state index in [-0.39, 0.29) is 0 Å². The summed E-state index contributed by atoms with van der Waals surface area (Å²) in [4.78, 5) is 13.0. The zero-order valence-electron chi connectivity index (χ0n) is 11.4. The Balaban J connectivity index is 2.35. The van der Waals surface area contributed by atoms with E-state index in [4.69, 9.17) is 5.11 Å². The largest absolute Gasteiger partial charge is 0.478 e. The molecular formula is C15H23NO2. The first-order valence-electron chi connectivity index (χ1n) is 6.64. The molecule has 1 rings (SSSR count). The van der Waals surface area contributed by atoms with E-state index in [1.165, 1.54) is 25.7 Å². The van der Waals surface area contributed by atoms with Gasteiger partial charge in [-0.3, -0.25) is 0 Å². The molecule has 0 unspecified atom stereocenters. The zero-order valence-corrected chi connectivity index (χ0v) is 11.4. The second-order valence-corrected chi connectivity index (χ2v) is 4.80. The molecule has 1 N–H and O–H groups in total. The van der Waals surface area contributed by atoms with Crippen molar-refractivity contribution in [1.29, 1.82) is 0 Å². The van der Waals surface area contributed by atoms with Crippen LogP contribution in [-0.4, -0.2) is 29.6 Å². The van der Waals surface area contributed by atoms with Gasteiger partial charge in [-0.15, -0.1) is 0 Å². The lowest BCUT2D eigenvalue weighted by molar-refractivity contribution is 0.0697. The fourth-order valence-electron chi connectivity index (χ4n) is 1.95. The average Bonchev–Trinajstić information content (AvgIpc) is 2.35. The lowest BCUT2D eigenvalue weighted by Crippen LogP contribution is -2.19. The third kappa shape index (κ3) is 5.32. The van der Waals surface area contributed by atoms with E-state index in [1.54, 1.807) is 12.1 Å². The summed E-state index contributed by atoms with van der Waals surface area (Å²) >= 11 is 0. The third-order valence-corrected chi connectivity index (χ3v) is 3.05. The summed E-state index contributed by atoms with van der Waals surface area (Å²) in [5.74, 6) is -0.866. The molecule has 0 atom stereocenters. The molecule has 3 nitrogen and oxygen atoms in total. The molecule has 0 saturated heterocycles. The molecule has 100 valence electrons. The summed E-state index contributed by atoms with van der Waals surface area (Å²) < 4.78 is 0. The van der Waals surface area contributed by atoms with Gasteiger partial charge < -0.3 is 10.0 Å². The fourth-order valence-corrected chi connectivity index (χ4v) is 1.95. The summed E-state index contributed by atoms with van der Waals surface area (Å²) in [5.41, 5.74) is 1.52. The van der Waals surface area contributed by atoms with E-state index in [0.717, 1.165) is 18.7 Å². The monoisotopic (exact) mass is 249 g/mol. The maximum absolute atomic E-state index is 10.7. The number of aromatic carboxylic acids is 1. The molecule has 0 radical (unpaired) electrons. The number of unbranched alkanes of at least 4 members (excludes halogenated alkanes) is 3. The van der Waals surface area contributed by atoms with Gasteiger partial charge in [0.2, 0.25) is 0 Å². The first kappa shape index (κ1) is 14.7. The molecule has 3 heteroatoms. The number of nitrogens with zero attached hydrogens (tertiary/aromatic N) is 1. The van der Waals surface area contributed by atoms with Gasteiger partial charge in [0, 0.05) is 6.54 Å². The fraction of sp³-hybridized carbons (Fsp3) is 0.533. The molecule has 0 spiro atoms. The van der Waals surface area contributed by atoms with Crippen LogP contribution in [-0.2, 0) is 6.54 Å². The highest BCUT2D eigenvalue weighted by Crippen LogP contribution is 2.08. The number of carboxylic acid groups (broad SMARTS) is 1. The highest BCUT2D eigenvalue weighted by atomic mass is 16.4. The van der Waals surface area contributed by atoms with Crippen molar-refractivity contribution in [1.82, 2.24) is 4.90 Å². The van der Waals surface area contributed by atoms with Crippen molar-refractivity contribution in [3.8, 4) is 0 Å². The number of carboxylic acids is 1. The Labute approximate surface area is 109 Å². The van der Waals surface area contributed by atoms with Crippen LogP contribution >= 0.6 is 0 Å². The van der Waals surface area contributed by atoms with Crippen molar-refractivity contribution in [3.63, 3.8) is 0 Å². The standard InChI is InChI=1S/C15H23NO2/c1-3-4-5-6-11-16(2)12-13-7-9-14(10-8-13)15(17)18/h7-10H,3-6,11-12H2,1-2H3,(H,17,18). The van der Waals surface area contributed by atoms with Crippen molar-refractivity contribution in [2.75, 3.05) is 13.6 Å². The van der Waals surface area contributed by atoms with Crippen LogP contribution in [0, 0.1) is 0 Å². The highest BCUT2D eigenvalue weighted by Gasteiger charge is 2.03. The second-order valence-electron chi connectivity index (χ2n) is 4.80. The van der Waals surface area contributed by atoms with Gasteiger partial charge in [-0.1, -0.05) is 38.3 Å². The Morgan fingerprint density at radius 2 is 1.83 bits per heavy atom. The Bertz CT molecular complexity index is 359. The first-order valence-corrected chi connectivity index (χ1v) is 6.64. The van der Waals surface area contributed by atoms with Crippen molar-refractivity contribution in [2.24, 2.45) is 0 Å². The minimum absolute atomic E-state index is 0.351. The Morgan fingerprint density at radius 3 is 2.39 bits per heavy atom. The summed E-state index contributed by atoms with van der Waals surface area (Å²) in [6, 6.07) is 7.13. The van der Waals surface area contributed by atoms with Crippen LogP contribution in [0.2, 0.25) is 0 Å². The van der Waals surface area contributed by atoms with Crippen LogP contribution in [0.1, 0.15) is 48.5 Å². The average molecular weight is 249 g/mol. The normalized spacial score (nSPS) is 10.8. The molecule has 1 aromatic rings. The van der Waals surface area contributed by atoms with Gasteiger partial charge in [-0.05, 0) is 37.7 Å². The van der Waals surface area contributed by atoms with Crippen LogP contribution in [0.5, 0.6) is 0 Å². The number of rotatable bonds is 8. The van der Waals surface area contributed by atoms with Gasteiger partial charge in [0.25, 0.3) is 0 Å². The molecule has 0 fully saturated rings. The SMILES string of the molecule is CCCCCCN(C)Cc1ccc(C(=O)O)cc1. The van der Waals surface area contributed by atoms with E-state index >= 15 is 0 Å². The van der Waals surface area contributed by atoms with Gasteiger partial charge in [0.1, 0.15) is 0 Å². The summed E-state index contributed by atoms with van der Waals surface area (Å²) in [5, 5.41) is 8.81. The second kappa shape index (κ2) is 7.88. The van der Waals surface area contributed by atoms with Crippen molar-refractivity contribution in [3.05, 3.63) is 35.4 Å². The smallest absolute Gasteiger partial charge is 0.335 e. The molecule has 0 bridgehead atoms. The van der Waals surface area contributed by atoms with E-state index in [1.807, 2.05) is 12.1 Å². The number of hydrogen-bond donors (Lipinski definition) is 1. The van der Waals surface area contributed by atoms with Crippen LogP contribution in [0.3, 0.4) is 0 Å². The maximum Gasteiger partial charge on any atom is 0.335 e. The van der Waals surface area contributed by atoms with Gasteiger partial charge in [-0.2, -0.15) is 0 Å². The van der Waals surface area contributed by atoms with Gasteiger partial charge in [-0.25, -0.2) is 4.79 Å². The van der Waals surface area contributed by atoms with E-state index < -0.39 is 5.97 Å². The molecule has 0 aliphatic carbocycles.